The van der Waals surface area contributed by atoms with Crippen molar-refractivity contribution in [2.75, 3.05) is 18.4 Å². The van der Waals surface area contributed by atoms with Gasteiger partial charge in [0, 0.05) is 18.8 Å². The third-order valence-electron chi connectivity index (χ3n) is 5.52. The summed E-state index contributed by atoms with van der Waals surface area (Å²) >= 11 is 0. The van der Waals surface area contributed by atoms with E-state index in [0.29, 0.717) is 30.6 Å². The van der Waals surface area contributed by atoms with Crippen LogP contribution >= 0.6 is 0 Å². The number of hydrogen-bond donors (Lipinski definition) is 3. The van der Waals surface area contributed by atoms with Crippen LogP contribution in [0.5, 0.6) is 0 Å². The fourth-order valence-electron chi connectivity index (χ4n) is 4.17. The van der Waals surface area contributed by atoms with Crippen molar-refractivity contribution in [1.82, 2.24) is 9.62 Å². The first-order valence-electron chi connectivity index (χ1n) is 10.7. The van der Waals surface area contributed by atoms with Crippen LogP contribution < -0.4 is 16.4 Å². The Kier molecular flexibility index (Phi) is 7.52. The zero-order chi connectivity index (χ0) is 23.3. The van der Waals surface area contributed by atoms with E-state index >= 15 is 0 Å². The highest BCUT2D eigenvalue weighted by atomic mass is 32.2. The number of benzene rings is 2. The van der Waals surface area contributed by atoms with Crippen LogP contribution in [-0.4, -0.2) is 37.8 Å². The summed E-state index contributed by atoms with van der Waals surface area (Å²) in [6.45, 7) is 5.15. The molecule has 3 atom stereocenters. The number of nitrogens with one attached hydrogen (secondary N) is 2. The fourth-order valence-corrected chi connectivity index (χ4v) is 5.85. The van der Waals surface area contributed by atoms with E-state index in [0.717, 1.165) is 12.0 Å². The van der Waals surface area contributed by atoms with Crippen LogP contribution in [0.25, 0.3) is 0 Å². The van der Waals surface area contributed by atoms with Gasteiger partial charge in [-0.2, -0.15) is 4.31 Å². The normalized spacial score (nSPS) is 20.3. The molecule has 0 aliphatic carbocycles. The molecule has 1 saturated heterocycles. The number of amides is 3. The van der Waals surface area contributed by atoms with Crippen molar-refractivity contribution >= 4 is 27.6 Å². The molecule has 3 rings (SSSR count). The van der Waals surface area contributed by atoms with E-state index in [9.17, 15) is 18.0 Å². The Morgan fingerprint density at radius 2 is 1.62 bits per heavy atom. The second kappa shape index (κ2) is 10.1. The van der Waals surface area contributed by atoms with E-state index in [1.54, 1.807) is 28.6 Å². The molecule has 3 amide bonds. The van der Waals surface area contributed by atoms with Gasteiger partial charge in [-0.25, -0.2) is 13.2 Å². The highest BCUT2D eigenvalue weighted by Gasteiger charge is 2.31. The molecular weight excluding hydrogens is 428 g/mol. The van der Waals surface area contributed by atoms with Crippen LogP contribution in [0, 0.1) is 11.8 Å². The Balaban J connectivity index is 1.67. The monoisotopic (exact) mass is 458 g/mol. The molecule has 0 aromatic heterocycles. The maximum atomic E-state index is 13.0. The van der Waals surface area contributed by atoms with Crippen molar-refractivity contribution < 1.29 is 18.0 Å². The predicted octanol–water partition coefficient (Wildman–Crippen LogP) is 3.09. The lowest BCUT2D eigenvalue weighted by atomic mass is 9.94. The van der Waals surface area contributed by atoms with E-state index in [1.807, 2.05) is 18.2 Å². The minimum Gasteiger partial charge on any atom is -0.352 e. The number of urea groups is 1. The van der Waals surface area contributed by atoms with Crippen LogP contribution in [-0.2, 0) is 14.8 Å². The number of carbonyl (C=O) groups excluding carboxylic acids is 2. The first kappa shape index (κ1) is 23.7. The molecule has 1 heterocycles. The van der Waals surface area contributed by atoms with Crippen molar-refractivity contribution in [2.45, 2.75) is 37.6 Å². The minimum atomic E-state index is -3.58. The molecule has 3 unspecified atom stereocenters. The van der Waals surface area contributed by atoms with Crippen LogP contribution in [0.15, 0.2) is 59.5 Å². The first-order chi connectivity index (χ1) is 15.1. The smallest absolute Gasteiger partial charge is 0.312 e. The van der Waals surface area contributed by atoms with Gasteiger partial charge in [0.1, 0.15) is 0 Å². The van der Waals surface area contributed by atoms with E-state index in [4.69, 9.17) is 5.73 Å². The molecule has 1 aliphatic heterocycles. The number of rotatable bonds is 7. The SMILES string of the molecule is CC1CC(C)CN(S(=O)(=O)c2ccc(NC(=O)CC(NC(N)=O)c3ccccc3)cc2)C1. The molecule has 2 aromatic rings. The van der Waals surface area contributed by atoms with Gasteiger partial charge in [0.15, 0.2) is 0 Å². The number of piperidine rings is 1. The lowest BCUT2D eigenvalue weighted by molar-refractivity contribution is -0.116. The van der Waals surface area contributed by atoms with Gasteiger partial charge in [-0.15, -0.1) is 0 Å². The molecule has 0 spiro atoms. The fraction of sp³-hybridized carbons (Fsp3) is 0.391. The number of carbonyl (C=O) groups is 2. The second-order valence-electron chi connectivity index (χ2n) is 8.52. The summed E-state index contributed by atoms with van der Waals surface area (Å²) < 4.78 is 27.5. The van der Waals surface area contributed by atoms with Gasteiger partial charge in [0.25, 0.3) is 0 Å². The molecule has 9 heteroatoms. The topological polar surface area (TPSA) is 122 Å². The molecule has 8 nitrogen and oxygen atoms in total. The number of nitrogens with zero attached hydrogens (tertiary/aromatic N) is 1. The molecule has 1 aliphatic rings. The standard InChI is InChI=1S/C23H30N4O4S/c1-16-12-17(2)15-27(14-16)32(30,31)20-10-8-19(9-11-20)25-22(28)13-21(26-23(24)29)18-6-4-3-5-7-18/h3-11,16-17,21H,12-15H2,1-2H3,(H,25,28)(H3,24,26,29). The summed E-state index contributed by atoms with van der Waals surface area (Å²) in [5.41, 5.74) is 6.48. The van der Waals surface area contributed by atoms with Crippen LogP contribution in [0.4, 0.5) is 10.5 Å². The Morgan fingerprint density at radius 3 is 2.19 bits per heavy atom. The molecule has 0 radical (unpaired) electrons. The van der Waals surface area contributed by atoms with E-state index < -0.39 is 22.1 Å². The number of sulfonamides is 1. The highest BCUT2D eigenvalue weighted by Crippen LogP contribution is 2.27. The molecule has 0 bridgehead atoms. The quantitative estimate of drug-likeness (QED) is 0.590. The summed E-state index contributed by atoms with van der Waals surface area (Å²) in [6, 6.07) is 13.9. The molecular formula is C23H30N4O4S. The van der Waals surface area contributed by atoms with Crippen molar-refractivity contribution in [3.8, 4) is 0 Å². The number of nitrogens with two attached hydrogens (primary N) is 1. The summed E-state index contributed by atoms with van der Waals surface area (Å²) in [5, 5.41) is 5.33. The summed E-state index contributed by atoms with van der Waals surface area (Å²) in [4.78, 5) is 24.1. The van der Waals surface area contributed by atoms with Gasteiger partial charge < -0.3 is 16.4 Å². The molecule has 2 aromatic carbocycles. The maximum absolute atomic E-state index is 13.0. The number of hydrogen-bond acceptors (Lipinski definition) is 4. The molecule has 172 valence electrons. The first-order valence-corrected chi connectivity index (χ1v) is 12.1. The zero-order valence-electron chi connectivity index (χ0n) is 18.3. The summed E-state index contributed by atoms with van der Waals surface area (Å²) in [5.74, 6) is 0.305. The van der Waals surface area contributed by atoms with Crippen molar-refractivity contribution in [1.29, 1.82) is 0 Å². The van der Waals surface area contributed by atoms with E-state index in [-0.39, 0.29) is 17.2 Å². The van der Waals surface area contributed by atoms with Crippen molar-refractivity contribution in [3.05, 3.63) is 60.2 Å². The third-order valence-corrected chi connectivity index (χ3v) is 7.37. The van der Waals surface area contributed by atoms with Gasteiger partial charge in [0.05, 0.1) is 17.4 Å². The maximum Gasteiger partial charge on any atom is 0.312 e. The van der Waals surface area contributed by atoms with Crippen LogP contribution in [0.1, 0.15) is 38.3 Å². The zero-order valence-corrected chi connectivity index (χ0v) is 19.1. The average Bonchev–Trinajstić information content (AvgIpc) is 2.73. The molecule has 0 saturated carbocycles. The molecule has 1 fully saturated rings. The minimum absolute atomic E-state index is 0.0173. The summed E-state index contributed by atoms with van der Waals surface area (Å²) in [6.07, 6.45) is 1.00. The molecule has 4 N–H and O–H groups in total. The van der Waals surface area contributed by atoms with Gasteiger partial charge >= 0.3 is 6.03 Å². The van der Waals surface area contributed by atoms with Crippen LogP contribution in [0.2, 0.25) is 0 Å². The number of primary amides is 1. The lowest BCUT2D eigenvalue weighted by Crippen LogP contribution is -2.42. The van der Waals surface area contributed by atoms with Crippen LogP contribution in [0.3, 0.4) is 0 Å². The van der Waals surface area contributed by atoms with Crippen molar-refractivity contribution in [2.24, 2.45) is 17.6 Å². The Hall–Kier alpha value is -2.91. The van der Waals surface area contributed by atoms with Gasteiger partial charge in [-0.1, -0.05) is 44.2 Å². The van der Waals surface area contributed by atoms with E-state index in [2.05, 4.69) is 24.5 Å². The highest BCUT2D eigenvalue weighted by molar-refractivity contribution is 7.89. The Bertz CT molecular complexity index is 1030. The second-order valence-corrected chi connectivity index (χ2v) is 10.5. The van der Waals surface area contributed by atoms with Gasteiger partial charge in [0.2, 0.25) is 15.9 Å². The predicted molar refractivity (Wildman–Crippen MR) is 123 cm³/mol. The third kappa shape index (κ3) is 6.08. The Labute approximate surface area is 189 Å². The largest absolute Gasteiger partial charge is 0.352 e. The lowest BCUT2D eigenvalue weighted by Gasteiger charge is -2.34. The average molecular weight is 459 g/mol. The Morgan fingerprint density at radius 1 is 1.03 bits per heavy atom. The van der Waals surface area contributed by atoms with Gasteiger partial charge in [-0.05, 0) is 48.1 Å². The van der Waals surface area contributed by atoms with E-state index in [1.165, 1.54) is 12.1 Å². The molecule has 32 heavy (non-hydrogen) atoms. The van der Waals surface area contributed by atoms with Gasteiger partial charge in [-0.3, -0.25) is 4.79 Å². The van der Waals surface area contributed by atoms with Crippen molar-refractivity contribution in [3.63, 3.8) is 0 Å². The number of anilines is 1. The summed E-state index contributed by atoms with van der Waals surface area (Å²) in [7, 11) is -3.58.